The number of carbonyl (C=O) groups excluding carboxylic acids is 2. The van der Waals surface area contributed by atoms with Crippen LogP contribution in [0.15, 0.2) is 79.1 Å². The Labute approximate surface area is 203 Å². The number of nitrogens with zero attached hydrogens (tertiary/aromatic N) is 4. The van der Waals surface area contributed by atoms with Gasteiger partial charge in [0.1, 0.15) is 0 Å². The Bertz CT molecular complexity index is 1350. The number of hydrogen-bond donors (Lipinski definition) is 2. The highest BCUT2D eigenvalue weighted by Crippen LogP contribution is 2.19. The standard InChI is InChI=1S/C27H26N6O2/c1-32-13-14-33-24(18-32)16-25(31-33)30-27(35)23-4-2-3-19(15-23)17-29-26(34)22-7-5-20(6-8-22)21-9-11-28-12-10-21/h2-12,15-16H,13-14,17-18H2,1H3,(H,29,34)(H,30,31,35). The largest absolute Gasteiger partial charge is 0.348 e. The number of rotatable bonds is 6. The van der Waals surface area contributed by atoms with Crippen LogP contribution in [0, 0.1) is 0 Å². The minimum absolute atomic E-state index is 0.172. The molecule has 0 saturated carbocycles. The van der Waals surface area contributed by atoms with E-state index in [0.717, 1.165) is 42.0 Å². The third-order valence-corrected chi connectivity index (χ3v) is 6.03. The van der Waals surface area contributed by atoms with Gasteiger partial charge in [0.05, 0.1) is 12.2 Å². The molecular weight excluding hydrogens is 440 g/mol. The molecule has 176 valence electrons. The van der Waals surface area contributed by atoms with Gasteiger partial charge < -0.3 is 10.6 Å². The van der Waals surface area contributed by atoms with Crippen LogP contribution in [0.3, 0.4) is 0 Å². The Balaban J connectivity index is 1.19. The number of amides is 2. The van der Waals surface area contributed by atoms with Crippen molar-refractivity contribution in [2.24, 2.45) is 0 Å². The Kier molecular flexibility index (Phi) is 6.36. The zero-order valence-electron chi connectivity index (χ0n) is 19.4. The van der Waals surface area contributed by atoms with Crippen LogP contribution in [0.4, 0.5) is 5.82 Å². The molecule has 2 N–H and O–H groups in total. The first-order valence-corrected chi connectivity index (χ1v) is 11.5. The molecular formula is C27H26N6O2. The molecule has 8 heteroatoms. The van der Waals surface area contributed by atoms with Crippen LogP contribution < -0.4 is 10.6 Å². The van der Waals surface area contributed by atoms with Crippen molar-refractivity contribution in [3.8, 4) is 11.1 Å². The molecule has 0 spiro atoms. The van der Waals surface area contributed by atoms with Gasteiger partial charge in [0.25, 0.3) is 11.8 Å². The number of anilines is 1. The van der Waals surface area contributed by atoms with E-state index in [-0.39, 0.29) is 11.8 Å². The molecule has 0 aliphatic carbocycles. The molecule has 0 radical (unpaired) electrons. The molecule has 4 aromatic rings. The van der Waals surface area contributed by atoms with Crippen LogP contribution in [0.2, 0.25) is 0 Å². The van der Waals surface area contributed by atoms with E-state index < -0.39 is 0 Å². The van der Waals surface area contributed by atoms with E-state index in [1.165, 1.54) is 0 Å². The second-order valence-electron chi connectivity index (χ2n) is 8.63. The number of nitrogens with one attached hydrogen (secondary N) is 2. The van der Waals surface area contributed by atoms with Gasteiger partial charge >= 0.3 is 0 Å². The Hall–Kier alpha value is -4.30. The number of aromatic nitrogens is 3. The molecule has 8 nitrogen and oxygen atoms in total. The molecule has 0 fully saturated rings. The SMILES string of the molecule is CN1CCn2nc(NC(=O)c3cccc(CNC(=O)c4ccc(-c5ccncc5)cc4)c3)cc2C1. The van der Waals surface area contributed by atoms with Gasteiger partial charge in [-0.1, -0.05) is 24.3 Å². The van der Waals surface area contributed by atoms with Crippen LogP contribution in [0.25, 0.3) is 11.1 Å². The van der Waals surface area contributed by atoms with Gasteiger partial charge in [-0.05, 0) is 60.1 Å². The summed E-state index contributed by atoms with van der Waals surface area (Å²) in [5.74, 6) is 0.151. The zero-order valence-corrected chi connectivity index (χ0v) is 19.4. The first-order valence-electron chi connectivity index (χ1n) is 11.5. The van der Waals surface area contributed by atoms with Crippen molar-refractivity contribution in [1.29, 1.82) is 0 Å². The minimum atomic E-state index is -0.228. The maximum Gasteiger partial charge on any atom is 0.256 e. The van der Waals surface area contributed by atoms with E-state index in [2.05, 4.69) is 32.7 Å². The summed E-state index contributed by atoms with van der Waals surface area (Å²) in [6, 6.07) is 20.4. The lowest BCUT2D eigenvalue weighted by atomic mass is 10.0. The number of carbonyl (C=O) groups is 2. The van der Waals surface area contributed by atoms with Gasteiger partial charge in [0.15, 0.2) is 5.82 Å². The highest BCUT2D eigenvalue weighted by molar-refractivity contribution is 6.04. The summed E-state index contributed by atoms with van der Waals surface area (Å²) in [6.07, 6.45) is 3.48. The smallest absolute Gasteiger partial charge is 0.256 e. The summed E-state index contributed by atoms with van der Waals surface area (Å²) in [6.45, 7) is 2.87. The normalized spacial score (nSPS) is 13.2. The number of pyridine rings is 1. The lowest BCUT2D eigenvalue weighted by Crippen LogP contribution is -2.30. The van der Waals surface area contributed by atoms with Crippen LogP contribution >= 0.6 is 0 Å². The van der Waals surface area contributed by atoms with Crippen molar-refractivity contribution in [2.75, 3.05) is 18.9 Å². The Morgan fingerprint density at radius 2 is 1.66 bits per heavy atom. The van der Waals surface area contributed by atoms with Gasteiger partial charge in [-0.3, -0.25) is 24.2 Å². The molecule has 0 saturated heterocycles. The summed E-state index contributed by atoms with van der Waals surface area (Å²) >= 11 is 0. The van der Waals surface area contributed by atoms with Crippen LogP contribution in [-0.2, 0) is 19.6 Å². The topological polar surface area (TPSA) is 92.2 Å². The number of hydrogen-bond acceptors (Lipinski definition) is 5. The molecule has 2 aromatic carbocycles. The van der Waals surface area contributed by atoms with Crippen LogP contribution in [0.1, 0.15) is 32.0 Å². The van der Waals surface area contributed by atoms with Crippen LogP contribution in [0.5, 0.6) is 0 Å². The van der Waals surface area contributed by atoms with Gasteiger partial charge in [0, 0.05) is 49.2 Å². The third-order valence-electron chi connectivity index (χ3n) is 6.03. The van der Waals surface area contributed by atoms with Gasteiger partial charge in [-0.2, -0.15) is 5.10 Å². The fourth-order valence-corrected chi connectivity index (χ4v) is 4.11. The summed E-state index contributed by atoms with van der Waals surface area (Å²) in [5, 5.41) is 10.3. The molecule has 2 aromatic heterocycles. The van der Waals surface area contributed by atoms with E-state index in [9.17, 15) is 9.59 Å². The van der Waals surface area contributed by atoms with E-state index in [4.69, 9.17) is 0 Å². The van der Waals surface area contributed by atoms with Crippen molar-refractivity contribution >= 4 is 17.6 Å². The van der Waals surface area contributed by atoms with Crippen LogP contribution in [-0.4, -0.2) is 45.1 Å². The molecule has 1 aliphatic heterocycles. The number of fused-ring (bicyclic) bond motifs is 1. The zero-order chi connectivity index (χ0) is 24.2. The van der Waals surface area contributed by atoms with E-state index >= 15 is 0 Å². The lowest BCUT2D eigenvalue weighted by Gasteiger charge is -2.22. The average Bonchev–Trinajstić information content (AvgIpc) is 3.29. The van der Waals surface area contributed by atoms with E-state index in [1.54, 1.807) is 36.7 Å². The molecule has 3 heterocycles. The summed E-state index contributed by atoms with van der Waals surface area (Å²) in [5.41, 5.74) is 5.08. The lowest BCUT2D eigenvalue weighted by molar-refractivity contribution is 0.0950. The molecule has 0 atom stereocenters. The first-order chi connectivity index (χ1) is 17.0. The maximum atomic E-state index is 12.8. The highest BCUT2D eigenvalue weighted by atomic mass is 16.2. The second kappa shape index (κ2) is 9.90. The molecule has 0 bridgehead atoms. The van der Waals surface area contributed by atoms with Gasteiger partial charge in [-0.15, -0.1) is 0 Å². The highest BCUT2D eigenvalue weighted by Gasteiger charge is 2.17. The fourth-order valence-electron chi connectivity index (χ4n) is 4.11. The van der Waals surface area contributed by atoms with Gasteiger partial charge in [0.2, 0.25) is 0 Å². The third kappa shape index (κ3) is 5.28. The maximum absolute atomic E-state index is 12.8. The first kappa shape index (κ1) is 22.5. The van der Waals surface area contributed by atoms with Crippen molar-refractivity contribution < 1.29 is 9.59 Å². The number of benzene rings is 2. The summed E-state index contributed by atoms with van der Waals surface area (Å²) < 4.78 is 1.94. The second-order valence-corrected chi connectivity index (χ2v) is 8.63. The average molecular weight is 467 g/mol. The molecule has 2 amide bonds. The quantitative estimate of drug-likeness (QED) is 0.453. The fraction of sp³-hybridized carbons (Fsp3) is 0.185. The summed E-state index contributed by atoms with van der Waals surface area (Å²) in [4.78, 5) is 31.7. The number of likely N-dealkylation sites (N-methyl/N-ethyl adjacent to an activating group) is 1. The molecule has 0 unspecified atom stereocenters. The van der Waals surface area contributed by atoms with E-state index in [0.29, 0.717) is 23.5 Å². The molecule has 5 rings (SSSR count). The Morgan fingerprint density at radius 1 is 0.886 bits per heavy atom. The van der Waals surface area contributed by atoms with Gasteiger partial charge in [-0.25, -0.2) is 0 Å². The van der Waals surface area contributed by atoms with Crippen molar-refractivity contribution in [1.82, 2.24) is 25.0 Å². The van der Waals surface area contributed by atoms with Crippen molar-refractivity contribution in [2.45, 2.75) is 19.6 Å². The van der Waals surface area contributed by atoms with Crippen molar-refractivity contribution in [3.63, 3.8) is 0 Å². The predicted molar refractivity (Wildman–Crippen MR) is 134 cm³/mol. The monoisotopic (exact) mass is 466 g/mol. The minimum Gasteiger partial charge on any atom is -0.348 e. The molecule has 35 heavy (non-hydrogen) atoms. The van der Waals surface area contributed by atoms with E-state index in [1.807, 2.05) is 47.1 Å². The Morgan fingerprint density at radius 3 is 2.46 bits per heavy atom. The van der Waals surface area contributed by atoms with Crippen molar-refractivity contribution in [3.05, 3.63) is 102 Å². The summed E-state index contributed by atoms with van der Waals surface area (Å²) in [7, 11) is 2.07. The predicted octanol–water partition coefficient (Wildman–Crippen LogP) is 3.57. The molecule has 1 aliphatic rings.